The molecule has 0 unspecified atom stereocenters. The van der Waals surface area contributed by atoms with Crippen LogP contribution in [0.15, 0.2) is 60.9 Å². The number of carbonyl (C=O) groups is 2. The first kappa shape index (κ1) is 20.3. The molecule has 2 aromatic carbocycles. The smallest absolute Gasteiger partial charge is 0.251 e. The molecule has 2 amide bonds. The van der Waals surface area contributed by atoms with Crippen LogP contribution in [-0.4, -0.2) is 27.9 Å². The Morgan fingerprint density at radius 3 is 2.66 bits per heavy atom. The lowest BCUT2D eigenvalue weighted by Crippen LogP contribution is -2.34. The molecule has 0 spiro atoms. The number of nitrogens with one attached hydrogen (secondary N) is 2. The lowest BCUT2D eigenvalue weighted by atomic mass is 10.1. The zero-order valence-electron chi connectivity index (χ0n) is 16.4. The Morgan fingerprint density at radius 1 is 1.17 bits per heavy atom. The minimum atomic E-state index is -0.726. The Balaban J connectivity index is 1.64. The third kappa shape index (κ3) is 5.07. The molecular weight excluding hydrogens is 371 g/mol. The highest BCUT2D eigenvalue weighted by Crippen LogP contribution is 2.23. The van der Waals surface area contributed by atoms with E-state index in [0.29, 0.717) is 17.0 Å². The number of rotatable bonds is 7. The summed E-state index contributed by atoms with van der Waals surface area (Å²) in [6.45, 7) is 2.08. The first-order chi connectivity index (χ1) is 14.0. The van der Waals surface area contributed by atoms with Crippen molar-refractivity contribution in [1.82, 2.24) is 20.2 Å². The van der Waals surface area contributed by atoms with Gasteiger partial charge in [-0.2, -0.15) is 0 Å². The highest BCUT2D eigenvalue weighted by atomic mass is 19.1. The fraction of sp³-hybridized carbons (Fsp3) is 0.227. The van der Waals surface area contributed by atoms with Crippen LogP contribution in [0.5, 0.6) is 0 Å². The fourth-order valence-electron chi connectivity index (χ4n) is 3.06. The molecule has 1 heterocycles. The number of hydrogen-bond donors (Lipinski definition) is 2. The molecule has 3 rings (SSSR count). The molecule has 0 radical (unpaired) electrons. The number of halogens is 1. The zero-order chi connectivity index (χ0) is 20.8. The van der Waals surface area contributed by atoms with Gasteiger partial charge < -0.3 is 15.2 Å². The molecule has 0 saturated heterocycles. The first-order valence-corrected chi connectivity index (χ1v) is 9.31. The monoisotopic (exact) mass is 394 g/mol. The number of hydrogen-bond acceptors (Lipinski definition) is 3. The topological polar surface area (TPSA) is 76.0 Å². The van der Waals surface area contributed by atoms with Gasteiger partial charge in [-0.3, -0.25) is 9.59 Å². The molecular formula is C22H23FN4O2. The van der Waals surface area contributed by atoms with Gasteiger partial charge in [-0.25, -0.2) is 9.37 Å². The van der Waals surface area contributed by atoms with Gasteiger partial charge in [0.25, 0.3) is 5.91 Å². The van der Waals surface area contributed by atoms with Crippen molar-refractivity contribution >= 4 is 11.8 Å². The number of aryl methyl sites for hydroxylation is 2. The van der Waals surface area contributed by atoms with E-state index in [0.717, 1.165) is 5.56 Å². The molecule has 7 heteroatoms. The second-order valence-corrected chi connectivity index (χ2v) is 6.79. The summed E-state index contributed by atoms with van der Waals surface area (Å²) in [5.74, 6) is -0.456. The van der Waals surface area contributed by atoms with E-state index < -0.39 is 11.9 Å². The number of imidazole rings is 1. The van der Waals surface area contributed by atoms with Gasteiger partial charge in [-0.05, 0) is 25.1 Å². The van der Waals surface area contributed by atoms with Crippen molar-refractivity contribution in [3.05, 3.63) is 89.3 Å². The molecule has 0 aliphatic carbocycles. The predicted molar refractivity (Wildman–Crippen MR) is 108 cm³/mol. The van der Waals surface area contributed by atoms with Gasteiger partial charge in [0.05, 0.1) is 0 Å². The van der Waals surface area contributed by atoms with Crippen molar-refractivity contribution in [2.75, 3.05) is 6.54 Å². The summed E-state index contributed by atoms with van der Waals surface area (Å²) >= 11 is 0. The fourth-order valence-corrected chi connectivity index (χ4v) is 3.06. The normalized spacial score (nSPS) is 11.7. The minimum Gasteiger partial charge on any atom is -0.352 e. The van der Waals surface area contributed by atoms with Crippen molar-refractivity contribution in [3.8, 4) is 0 Å². The van der Waals surface area contributed by atoms with Crippen LogP contribution < -0.4 is 10.6 Å². The van der Waals surface area contributed by atoms with Gasteiger partial charge in [0.2, 0.25) is 5.91 Å². The van der Waals surface area contributed by atoms with E-state index in [1.165, 1.54) is 6.07 Å². The zero-order valence-corrected chi connectivity index (χ0v) is 16.4. The number of aromatic nitrogens is 2. The molecule has 0 fully saturated rings. The van der Waals surface area contributed by atoms with Crippen molar-refractivity contribution < 1.29 is 14.0 Å². The molecule has 2 N–H and O–H groups in total. The van der Waals surface area contributed by atoms with E-state index in [1.54, 1.807) is 54.3 Å². The Bertz CT molecular complexity index is 1020. The van der Waals surface area contributed by atoms with E-state index in [4.69, 9.17) is 0 Å². The average Bonchev–Trinajstić information content (AvgIpc) is 3.12. The van der Waals surface area contributed by atoms with Crippen LogP contribution >= 0.6 is 0 Å². The molecule has 1 atom stereocenters. The van der Waals surface area contributed by atoms with Crippen molar-refractivity contribution in [3.63, 3.8) is 0 Å². The highest BCUT2D eigenvalue weighted by molar-refractivity contribution is 5.94. The summed E-state index contributed by atoms with van der Waals surface area (Å²) < 4.78 is 16.1. The molecule has 1 aromatic heterocycles. The van der Waals surface area contributed by atoms with Crippen LogP contribution in [0.2, 0.25) is 0 Å². The molecule has 6 nitrogen and oxygen atoms in total. The standard InChI is InChI=1S/C22H23FN4O2/c1-15-6-5-7-16(14-15)22(29)25-11-10-19(28)26-20(21-24-12-13-27(21)2)17-8-3-4-9-18(17)23/h3-9,12-14,20H,10-11H2,1-2H3,(H,25,29)(H,26,28)/t20-/m0/s1. The summed E-state index contributed by atoms with van der Waals surface area (Å²) in [6.07, 6.45) is 3.39. The third-order valence-corrected chi connectivity index (χ3v) is 4.56. The number of amides is 2. The van der Waals surface area contributed by atoms with E-state index in [2.05, 4.69) is 15.6 Å². The summed E-state index contributed by atoms with van der Waals surface area (Å²) in [6, 6.07) is 12.8. The molecule has 0 saturated carbocycles. The number of carbonyl (C=O) groups excluding carboxylic acids is 2. The van der Waals surface area contributed by atoms with Gasteiger partial charge in [0.15, 0.2) is 0 Å². The largest absolute Gasteiger partial charge is 0.352 e. The van der Waals surface area contributed by atoms with E-state index in [-0.39, 0.29) is 24.8 Å². The van der Waals surface area contributed by atoms with Crippen LogP contribution in [0.3, 0.4) is 0 Å². The van der Waals surface area contributed by atoms with E-state index in [1.807, 2.05) is 19.1 Å². The quantitative estimate of drug-likeness (QED) is 0.647. The van der Waals surface area contributed by atoms with Crippen LogP contribution in [-0.2, 0) is 11.8 Å². The Labute approximate surface area is 168 Å². The SMILES string of the molecule is Cc1cccc(C(=O)NCCC(=O)N[C@@H](c2ccccc2F)c2nccn2C)c1. The molecule has 29 heavy (non-hydrogen) atoms. The number of nitrogens with zero attached hydrogens (tertiary/aromatic N) is 2. The summed E-state index contributed by atoms with van der Waals surface area (Å²) in [4.78, 5) is 28.9. The van der Waals surface area contributed by atoms with Gasteiger partial charge >= 0.3 is 0 Å². The molecule has 0 aliphatic heterocycles. The van der Waals surface area contributed by atoms with E-state index in [9.17, 15) is 14.0 Å². The van der Waals surface area contributed by atoms with Crippen LogP contribution in [0.1, 0.15) is 39.8 Å². The Morgan fingerprint density at radius 2 is 1.97 bits per heavy atom. The Hall–Kier alpha value is -3.48. The minimum absolute atomic E-state index is 0.0624. The maximum Gasteiger partial charge on any atom is 0.251 e. The molecule has 0 aliphatic rings. The maximum absolute atomic E-state index is 14.3. The van der Waals surface area contributed by atoms with E-state index >= 15 is 0 Å². The molecule has 0 bridgehead atoms. The molecule has 3 aromatic rings. The second kappa shape index (κ2) is 9.14. The summed E-state index contributed by atoms with van der Waals surface area (Å²) in [7, 11) is 1.78. The van der Waals surface area contributed by atoms with Gasteiger partial charge in [0.1, 0.15) is 17.7 Å². The van der Waals surface area contributed by atoms with Gasteiger partial charge in [0, 0.05) is 43.5 Å². The lowest BCUT2D eigenvalue weighted by molar-refractivity contribution is -0.121. The Kier molecular flexibility index (Phi) is 6.39. The highest BCUT2D eigenvalue weighted by Gasteiger charge is 2.23. The van der Waals surface area contributed by atoms with Crippen LogP contribution in [0, 0.1) is 12.7 Å². The average molecular weight is 394 g/mol. The first-order valence-electron chi connectivity index (χ1n) is 9.31. The second-order valence-electron chi connectivity index (χ2n) is 6.79. The van der Waals surface area contributed by atoms with Crippen molar-refractivity contribution in [2.24, 2.45) is 7.05 Å². The number of benzene rings is 2. The van der Waals surface area contributed by atoms with Gasteiger partial charge in [-0.1, -0.05) is 35.9 Å². The van der Waals surface area contributed by atoms with Crippen LogP contribution in [0.4, 0.5) is 4.39 Å². The van der Waals surface area contributed by atoms with Crippen molar-refractivity contribution in [2.45, 2.75) is 19.4 Å². The van der Waals surface area contributed by atoms with Crippen molar-refractivity contribution in [1.29, 1.82) is 0 Å². The predicted octanol–water partition coefficient (Wildman–Crippen LogP) is 2.89. The molecule has 150 valence electrons. The lowest BCUT2D eigenvalue weighted by Gasteiger charge is -2.20. The third-order valence-electron chi connectivity index (χ3n) is 4.56. The van der Waals surface area contributed by atoms with Gasteiger partial charge in [-0.15, -0.1) is 0 Å². The van der Waals surface area contributed by atoms with Crippen LogP contribution in [0.25, 0.3) is 0 Å². The summed E-state index contributed by atoms with van der Waals surface area (Å²) in [5.41, 5.74) is 1.86. The maximum atomic E-state index is 14.3. The summed E-state index contributed by atoms with van der Waals surface area (Å²) in [5, 5.41) is 5.56.